The summed E-state index contributed by atoms with van der Waals surface area (Å²) in [6, 6.07) is 5.58. The summed E-state index contributed by atoms with van der Waals surface area (Å²) in [4.78, 5) is 37.6. The lowest BCUT2D eigenvalue weighted by Crippen LogP contribution is -2.50. The van der Waals surface area contributed by atoms with Crippen LogP contribution >= 0.6 is 0 Å². The van der Waals surface area contributed by atoms with Gasteiger partial charge >= 0.3 is 0 Å². The van der Waals surface area contributed by atoms with Crippen LogP contribution in [0.1, 0.15) is 36.8 Å². The number of halogens is 1. The smallest absolute Gasteiger partial charge is 0.249 e. The Bertz CT molecular complexity index is 969. The predicted octanol–water partition coefficient (Wildman–Crippen LogP) is 1.91. The number of allylic oxidation sites excluding steroid dienone is 1. The van der Waals surface area contributed by atoms with Gasteiger partial charge in [-0.05, 0) is 36.5 Å². The van der Waals surface area contributed by atoms with Crippen LogP contribution in [0.15, 0.2) is 41.2 Å². The van der Waals surface area contributed by atoms with Crippen molar-refractivity contribution in [3.63, 3.8) is 0 Å². The molecule has 3 aliphatic rings. The van der Waals surface area contributed by atoms with Crippen molar-refractivity contribution >= 4 is 23.4 Å². The number of piperidine rings is 1. The number of likely N-dealkylation sites (N-methyl/N-ethyl adjacent to an activating group) is 1. The average molecular weight is 412 g/mol. The van der Waals surface area contributed by atoms with Crippen LogP contribution in [-0.4, -0.2) is 42.3 Å². The maximum Gasteiger partial charge on any atom is 0.249 e. The molecule has 30 heavy (non-hydrogen) atoms. The molecule has 1 atom stereocenters. The molecule has 7 nitrogen and oxygen atoms in total. The van der Waals surface area contributed by atoms with Gasteiger partial charge in [0.15, 0.2) is 0 Å². The van der Waals surface area contributed by atoms with Crippen LogP contribution in [0.25, 0.3) is 0 Å². The predicted molar refractivity (Wildman–Crippen MR) is 110 cm³/mol. The van der Waals surface area contributed by atoms with Gasteiger partial charge in [-0.25, -0.2) is 4.39 Å². The monoisotopic (exact) mass is 412 g/mol. The minimum absolute atomic E-state index is 0.194. The molecule has 1 saturated heterocycles. The average Bonchev–Trinajstić information content (AvgIpc) is 3.17. The number of anilines is 1. The Hall–Kier alpha value is -3.00. The quantitative estimate of drug-likeness (QED) is 0.643. The summed E-state index contributed by atoms with van der Waals surface area (Å²) in [7, 11) is 1.50. The van der Waals surface area contributed by atoms with Gasteiger partial charge in [-0.2, -0.15) is 0 Å². The van der Waals surface area contributed by atoms with E-state index in [1.165, 1.54) is 7.05 Å². The summed E-state index contributed by atoms with van der Waals surface area (Å²) in [5, 5.41) is 8.22. The standard InChI is InChI=1S/C22H25FN4O3/c1-24-21(29)15-6-2-4-13(20(15)23)10-25-17-7-3-5-14-11-27(12-16(14)17)18-8-9-19(28)26-22(18)30/h3-5,7,18,25H,2,6,8-12H2,1H3,(H,24,29)(H,26,28,30)/t18-/m0/s1. The van der Waals surface area contributed by atoms with Crippen molar-refractivity contribution in [1.82, 2.24) is 15.5 Å². The van der Waals surface area contributed by atoms with E-state index in [0.29, 0.717) is 44.3 Å². The topological polar surface area (TPSA) is 90.5 Å². The largest absolute Gasteiger partial charge is 0.381 e. The zero-order valence-electron chi connectivity index (χ0n) is 16.9. The molecule has 1 aromatic rings. The van der Waals surface area contributed by atoms with Crippen LogP contribution in [0.2, 0.25) is 0 Å². The fraction of sp³-hybridized carbons (Fsp3) is 0.409. The van der Waals surface area contributed by atoms with E-state index in [1.54, 1.807) is 0 Å². The molecule has 1 aliphatic carbocycles. The zero-order chi connectivity index (χ0) is 21.3. The molecule has 0 saturated carbocycles. The lowest BCUT2D eigenvalue weighted by Gasteiger charge is -2.29. The van der Waals surface area contributed by atoms with E-state index in [4.69, 9.17) is 0 Å². The van der Waals surface area contributed by atoms with Crippen LogP contribution in [0, 0.1) is 0 Å². The fourth-order valence-electron chi connectivity index (χ4n) is 4.35. The Morgan fingerprint density at radius 2 is 2.10 bits per heavy atom. The minimum Gasteiger partial charge on any atom is -0.381 e. The van der Waals surface area contributed by atoms with Gasteiger partial charge in [-0.1, -0.05) is 18.2 Å². The van der Waals surface area contributed by atoms with Crippen molar-refractivity contribution < 1.29 is 18.8 Å². The van der Waals surface area contributed by atoms with Crippen LogP contribution < -0.4 is 16.0 Å². The summed E-state index contributed by atoms with van der Waals surface area (Å²) >= 11 is 0. The molecule has 3 N–H and O–H groups in total. The molecule has 0 spiro atoms. The fourth-order valence-corrected chi connectivity index (χ4v) is 4.35. The van der Waals surface area contributed by atoms with Gasteiger partial charge in [0.2, 0.25) is 17.7 Å². The van der Waals surface area contributed by atoms with E-state index in [1.807, 2.05) is 24.3 Å². The normalized spacial score (nSPS) is 21.8. The van der Waals surface area contributed by atoms with E-state index in [2.05, 4.69) is 20.9 Å². The molecule has 3 amide bonds. The Labute approximate surface area is 174 Å². The highest BCUT2D eigenvalue weighted by molar-refractivity contribution is 6.00. The molecule has 8 heteroatoms. The number of nitrogens with zero attached hydrogens (tertiary/aromatic N) is 1. The van der Waals surface area contributed by atoms with Crippen LogP contribution in [0.3, 0.4) is 0 Å². The molecule has 0 aromatic heterocycles. The SMILES string of the molecule is CNC(=O)C1=C(F)C(CNc2cccc3c2CN([C@H]2CCC(=O)NC2=O)C3)=CCC1. The maximum atomic E-state index is 14.7. The summed E-state index contributed by atoms with van der Waals surface area (Å²) in [6.45, 7) is 1.50. The number of carbonyl (C=O) groups excluding carboxylic acids is 3. The molecule has 0 bridgehead atoms. The number of amides is 3. The van der Waals surface area contributed by atoms with E-state index in [9.17, 15) is 18.8 Å². The molecular weight excluding hydrogens is 387 g/mol. The maximum absolute atomic E-state index is 14.7. The summed E-state index contributed by atoms with van der Waals surface area (Å²) in [5.74, 6) is -1.29. The number of rotatable bonds is 5. The van der Waals surface area contributed by atoms with Crippen LogP contribution in [0.4, 0.5) is 10.1 Å². The highest BCUT2D eigenvalue weighted by atomic mass is 19.1. The van der Waals surface area contributed by atoms with Gasteiger partial charge in [-0.15, -0.1) is 0 Å². The number of carbonyl (C=O) groups is 3. The second-order valence-corrected chi connectivity index (χ2v) is 7.81. The van der Waals surface area contributed by atoms with Crippen LogP contribution in [0.5, 0.6) is 0 Å². The highest BCUT2D eigenvalue weighted by Gasteiger charge is 2.35. The first-order valence-electron chi connectivity index (χ1n) is 10.2. The summed E-state index contributed by atoms with van der Waals surface area (Å²) in [6.07, 6.45) is 3.72. The minimum atomic E-state index is -0.453. The van der Waals surface area contributed by atoms with Gasteiger partial charge in [-0.3, -0.25) is 24.6 Å². The number of fused-ring (bicyclic) bond motifs is 1. The summed E-state index contributed by atoms with van der Waals surface area (Å²) < 4.78 is 14.7. The van der Waals surface area contributed by atoms with Gasteiger partial charge in [0.05, 0.1) is 11.6 Å². The summed E-state index contributed by atoms with van der Waals surface area (Å²) in [5.41, 5.74) is 3.76. The van der Waals surface area contributed by atoms with Gasteiger partial charge in [0.1, 0.15) is 5.83 Å². The second kappa shape index (κ2) is 8.39. The van der Waals surface area contributed by atoms with E-state index in [0.717, 1.165) is 16.8 Å². The number of benzene rings is 1. The molecule has 0 unspecified atom stereocenters. The van der Waals surface area contributed by atoms with E-state index >= 15 is 0 Å². The molecular formula is C22H25FN4O3. The third-order valence-electron chi connectivity index (χ3n) is 5.96. The van der Waals surface area contributed by atoms with E-state index in [-0.39, 0.29) is 35.9 Å². The highest BCUT2D eigenvalue weighted by Crippen LogP contribution is 2.33. The van der Waals surface area contributed by atoms with Crippen molar-refractivity contribution in [1.29, 1.82) is 0 Å². The van der Waals surface area contributed by atoms with Crippen molar-refractivity contribution in [3.05, 3.63) is 52.4 Å². The molecule has 4 rings (SSSR count). The Morgan fingerprint density at radius 3 is 2.87 bits per heavy atom. The van der Waals surface area contributed by atoms with Crippen molar-refractivity contribution in [2.45, 2.75) is 44.8 Å². The lowest BCUT2D eigenvalue weighted by molar-refractivity contribution is -0.137. The second-order valence-electron chi connectivity index (χ2n) is 7.81. The van der Waals surface area contributed by atoms with Gasteiger partial charge < -0.3 is 10.6 Å². The number of nitrogens with one attached hydrogen (secondary N) is 3. The molecule has 2 heterocycles. The molecule has 1 aromatic carbocycles. The lowest BCUT2D eigenvalue weighted by atomic mass is 9.97. The first-order chi connectivity index (χ1) is 14.5. The third kappa shape index (κ3) is 3.87. The Kier molecular flexibility index (Phi) is 5.67. The molecule has 158 valence electrons. The van der Waals surface area contributed by atoms with Crippen molar-refractivity contribution in [3.8, 4) is 0 Å². The van der Waals surface area contributed by atoms with Gasteiger partial charge in [0, 0.05) is 44.4 Å². The molecule has 0 radical (unpaired) electrons. The number of hydrogen-bond acceptors (Lipinski definition) is 5. The van der Waals surface area contributed by atoms with Crippen molar-refractivity contribution in [2.75, 3.05) is 18.9 Å². The molecule has 2 aliphatic heterocycles. The third-order valence-corrected chi connectivity index (χ3v) is 5.96. The molecule has 1 fully saturated rings. The van der Waals surface area contributed by atoms with E-state index < -0.39 is 5.83 Å². The van der Waals surface area contributed by atoms with Crippen LogP contribution in [-0.2, 0) is 27.5 Å². The first kappa shape index (κ1) is 20.3. The number of hydrogen-bond donors (Lipinski definition) is 3. The van der Waals surface area contributed by atoms with Crippen molar-refractivity contribution in [2.24, 2.45) is 0 Å². The van der Waals surface area contributed by atoms with Gasteiger partial charge in [0.25, 0.3) is 0 Å². The first-order valence-corrected chi connectivity index (χ1v) is 10.2. The number of imide groups is 1. The Balaban J connectivity index is 1.46. The Morgan fingerprint density at radius 1 is 1.27 bits per heavy atom. The zero-order valence-corrected chi connectivity index (χ0v) is 16.9.